The standard InChI is InChI=1S/C11H11F3N2S/c1-2-8(6-15)17-10-4-3-7(5-9(10)16)11(12,13)14/h3-5,8H,2,16H2,1H3. The first-order valence-corrected chi connectivity index (χ1v) is 5.79. The third-order valence-corrected chi connectivity index (χ3v) is 3.47. The van der Waals surface area contributed by atoms with E-state index >= 15 is 0 Å². The van der Waals surface area contributed by atoms with E-state index in [-0.39, 0.29) is 10.9 Å². The van der Waals surface area contributed by atoms with Crippen molar-refractivity contribution in [2.45, 2.75) is 29.7 Å². The van der Waals surface area contributed by atoms with Crippen molar-refractivity contribution in [3.63, 3.8) is 0 Å². The van der Waals surface area contributed by atoms with Crippen LogP contribution in [-0.4, -0.2) is 5.25 Å². The normalized spacial score (nSPS) is 13.1. The van der Waals surface area contributed by atoms with Gasteiger partial charge in [-0.15, -0.1) is 11.8 Å². The Morgan fingerprint density at radius 3 is 2.53 bits per heavy atom. The highest BCUT2D eigenvalue weighted by Crippen LogP contribution is 2.35. The first kappa shape index (κ1) is 13.7. The Morgan fingerprint density at radius 1 is 1.47 bits per heavy atom. The lowest BCUT2D eigenvalue weighted by Gasteiger charge is -2.12. The van der Waals surface area contributed by atoms with E-state index in [9.17, 15) is 13.2 Å². The summed E-state index contributed by atoms with van der Waals surface area (Å²) in [5.74, 6) is 0. The Kier molecular flexibility index (Phi) is 4.29. The maximum Gasteiger partial charge on any atom is 0.416 e. The molecule has 2 N–H and O–H groups in total. The van der Waals surface area contributed by atoms with Crippen molar-refractivity contribution in [2.75, 3.05) is 5.73 Å². The molecule has 0 bridgehead atoms. The summed E-state index contributed by atoms with van der Waals surface area (Å²) >= 11 is 1.18. The van der Waals surface area contributed by atoms with Crippen molar-refractivity contribution in [1.29, 1.82) is 5.26 Å². The number of rotatable bonds is 3. The van der Waals surface area contributed by atoms with E-state index in [0.717, 1.165) is 12.1 Å². The summed E-state index contributed by atoms with van der Waals surface area (Å²) in [5, 5.41) is 8.47. The van der Waals surface area contributed by atoms with Crippen LogP contribution in [-0.2, 0) is 6.18 Å². The number of benzene rings is 1. The number of nitrogen functional groups attached to an aromatic ring is 1. The molecule has 17 heavy (non-hydrogen) atoms. The number of alkyl halides is 3. The number of anilines is 1. The van der Waals surface area contributed by atoms with Crippen molar-refractivity contribution in [2.24, 2.45) is 0 Å². The number of halogens is 3. The van der Waals surface area contributed by atoms with E-state index in [4.69, 9.17) is 11.0 Å². The fraction of sp³-hybridized carbons (Fsp3) is 0.364. The monoisotopic (exact) mass is 260 g/mol. The SMILES string of the molecule is CCC(C#N)Sc1ccc(C(F)(F)F)cc1N. The lowest BCUT2D eigenvalue weighted by molar-refractivity contribution is -0.137. The van der Waals surface area contributed by atoms with E-state index in [1.807, 2.05) is 6.92 Å². The van der Waals surface area contributed by atoms with E-state index in [0.29, 0.717) is 11.3 Å². The fourth-order valence-electron chi connectivity index (χ4n) is 1.19. The van der Waals surface area contributed by atoms with Crippen molar-refractivity contribution in [3.8, 4) is 6.07 Å². The van der Waals surface area contributed by atoms with Gasteiger partial charge in [0.2, 0.25) is 0 Å². The van der Waals surface area contributed by atoms with Gasteiger partial charge in [0.05, 0.1) is 16.9 Å². The van der Waals surface area contributed by atoms with Gasteiger partial charge in [0.1, 0.15) is 0 Å². The maximum absolute atomic E-state index is 12.4. The van der Waals surface area contributed by atoms with Crippen LogP contribution in [0.25, 0.3) is 0 Å². The number of thioether (sulfide) groups is 1. The zero-order valence-corrected chi connectivity index (χ0v) is 9.90. The number of nitriles is 1. The first-order valence-electron chi connectivity index (χ1n) is 4.91. The Labute approximate surface area is 102 Å². The van der Waals surface area contributed by atoms with Crippen LogP contribution in [0.3, 0.4) is 0 Å². The summed E-state index contributed by atoms with van der Waals surface area (Å²) in [5.41, 5.74) is 4.83. The molecule has 0 heterocycles. The van der Waals surface area contributed by atoms with Crippen LogP contribution in [0.1, 0.15) is 18.9 Å². The molecule has 1 unspecified atom stereocenters. The molecule has 1 rings (SSSR count). The molecule has 0 saturated heterocycles. The number of hydrogen-bond acceptors (Lipinski definition) is 3. The third kappa shape index (κ3) is 3.56. The van der Waals surface area contributed by atoms with Gasteiger partial charge in [-0.2, -0.15) is 18.4 Å². The molecule has 0 fully saturated rings. The summed E-state index contributed by atoms with van der Waals surface area (Å²) in [6.45, 7) is 1.83. The zero-order chi connectivity index (χ0) is 13.1. The predicted octanol–water partition coefficient (Wildman–Crippen LogP) is 3.68. The number of nitrogens with two attached hydrogens (primary N) is 1. The predicted molar refractivity (Wildman–Crippen MR) is 61.4 cm³/mol. The Bertz CT molecular complexity index is 437. The molecule has 0 saturated carbocycles. The minimum absolute atomic E-state index is 0.0542. The smallest absolute Gasteiger partial charge is 0.398 e. The second-order valence-corrected chi connectivity index (χ2v) is 4.64. The average molecular weight is 260 g/mol. The molecule has 0 aliphatic rings. The summed E-state index contributed by atoms with van der Waals surface area (Å²) in [6, 6.07) is 5.24. The fourth-order valence-corrected chi connectivity index (χ4v) is 2.05. The molecule has 2 nitrogen and oxygen atoms in total. The second-order valence-electron chi connectivity index (χ2n) is 3.39. The van der Waals surface area contributed by atoms with Gasteiger partial charge in [0.15, 0.2) is 0 Å². The molecule has 1 aromatic carbocycles. The lowest BCUT2D eigenvalue weighted by Crippen LogP contribution is -2.06. The molecule has 92 valence electrons. The molecule has 0 aliphatic heterocycles. The Morgan fingerprint density at radius 2 is 2.12 bits per heavy atom. The zero-order valence-electron chi connectivity index (χ0n) is 9.08. The second kappa shape index (κ2) is 5.32. The Balaban J connectivity index is 2.95. The molecule has 0 radical (unpaired) electrons. The van der Waals surface area contributed by atoms with Gasteiger partial charge in [-0.05, 0) is 24.6 Å². The largest absolute Gasteiger partial charge is 0.416 e. The molecule has 0 amide bonds. The van der Waals surface area contributed by atoms with Crippen LogP contribution < -0.4 is 5.73 Å². The minimum Gasteiger partial charge on any atom is -0.398 e. The molecule has 0 spiro atoms. The minimum atomic E-state index is -4.39. The third-order valence-electron chi connectivity index (χ3n) is 2.12. The summed E-state index contributed by atoms with van der Waals surface area (Å²) < 4.78 is 37.1. The van der Waals surface area contributed by atoms with Gasteiger partial charge < -0.3 is 5.73 Å². The van der Waals surface area contributed by atoms with E-state index in [1.54, 1.807) is 0 Å². The van der Waals surface area contributed by atoms with Gasteiger partial charge in [0.25, 0.3) is 0 Å². The highest BCUT2D eigenvalue weighted by atomic mass is 32.2. The van der Waals surface area contributed by atoms with Crippen molar-refractivity contribution >= 4 is 17.4 Å². The van der Waals surface area contributed by atoms with Gasteiger partial charge >= 0.3 is 6.18 Å². The summed E-state index contributed by atoms with van der Waals surface area (Å²) in [4.78, 5) is 0.506. The molecule has 1 atom stereocenters. The van der Waals surface area contributed by atoms with Crippen LogP contribution >= 0.6 is 11.8 Å². The first-order chi connectivity index (χ1) is 7.88. The molecular formula is C11H11F3N2S. The topological polar surface area (TPSA) is 49.8 Å². The molecule has 0 aromatic heterocycles. The molecule has 6 heteroatoms. The number of nitrogens with zero attached hydrogens (tertiary/aromatic N) is 1. The highest BCUT2D eigenvalue weighted by Gasteiger charge is 2.30. The van der Waals surface area contributed by atoms with Crippen LogP contribution in [0.2, 0.25) is 0 Å². The van der Waals surface area contributed by atoms with Gasteiger partial charge in [-0.25, -0.2) is 0 Å². The number of hydrogen-bond donors (Lipinski definition) is 1. The molecule has 0 aliphatic carbocycles. The molecule has 1 aromatic rings. The van der Waals surface area contributed by atoms with Crippen LogP contribution in [0, 0.1) is 11.3 Å². The lowest BCUT2D eigenvalue weighted by atomic mass is 10.2. The van der Waals surface area contributed by atoms with Gasteiger partial charge in [-0.1, -0.05) is 6.92 Å². The average Bonchev–Trinajstić information content (AvgIpc) is 2.26. The van der Waals surface area contributed by atoms with Crippen LogP contribution in [0.5, 0.6) is 0 Å². The van der Waals surface area contributed by atoms with Crippen LogP contribution in [0.4, 0.5) is 18.9 Å². The van der Waals surface area contributed by atoms with Crippen molar-refractivity contribution in [3.05, 3.63) is 23.8 Å². The maximum atomic E-state index is 12.4. The van der Waals surface area contributed by atoms with E-state index < -0.39 is 11.7 Å². The van der Waals surface area contributed by atoms with Gasteiger partial charge in [-0.3, -0.25) is 0 Å². The molecular weight excluding hydrogens is 249 g/mol. The highest BCUT2D eigenvalue weighted by molar-refractivity contribution is 8.00. The summed E-state index contributed by atoms with van der Waals surface area (Å²) in [6.07, 6.45) is -3.78. The van der Waals surface area contributed by atoms with Crippen LogP contribution in [0.15, 0.2) is 23.1 Å². The van der Waals surface area contributed by atoms with Crippen molar-refractivity contribution in [1.82, 2.24) is 0 Å². The van der Waals surface area contributed by atoms with Gasteiger partial charge in [0, 0.05) is 10.6 Å². The van der Waals surface area contributed by atoms with E-state index in [1.165, 1.54) is 17.8 Å². The summed E-state index contributed by atoms with van der Waals surface area (Å²) in [7, 11) is 0. The van der Waals surface area contributed by atoms with Crippen molar-refractivity contribution < 1.29 is 13.2 Å². The Hall–Kier alpha value is -1.35. The van der Waals surface area contributed by atoms with E-state index in [2.05, 4.69) is 6.07 Å². The quantitative estimate of drug-likeness (QED) is 0.666.